The highest BCUT2D eigenvalue weighted by Gasteiger charge is 1.97. The molecule has 1 atom stereocenters. The first kappa shape index (κ1) is 8.24. The van der Waals surface area contributed by atoms with E-state index >= 15 is 0 Å². The Labute approximate surface area is 74.5 Å². The molecule has 1 unspecified atom stereocenters. The Kier molecular flexibility index (Phi) is 2.89. The second-order valence-corrected chi connectivity index (χ2v) is 4.36. The lowest BCUT2D eigenvalue weighted by Crippen LogP contribution is -1.79. The molecule has 0 aliphatic rings. The first-order chi connectivity index (χ1) is 4.70. The van der Waals surface area contributed by atoms with Gasteiger partial charge in [-0.1, -0.05) is 22.0 Å². The van der Waals surface area contributed by atoms with E-state index in [2.05, 4.69) is 15.9 Å². The van der Waals surface area contributed by atoms with Crippen molar-refractivity contribution in [2.45, 2.75) is 4.90 Å². The molecule has 0 amide bonds. The summed E-state index contributed by atoms with van der Waals surface area (Å²) in [7, 11) is 3.93. The molecule has 0 aliphatic carbocycles. The SMILES string of the molecule is O=S(Cl)c1cccc(Br)c1. The fraction of sp³-hybridized carbons (Fsp3) is 0. The van der Waals surface area contributed by atoms with Crippen molar-refractivity contribution in [3.63, 3.8) is 0 Å². The molecule has 0 aliphatic heterocycles. The summed E-state index contributed by atoms with van der Waals surface area (Å²) in [6.45, 7) is 0. The zero-order valence-electron chi connectivity index (χ0n) is 4.88. The second kappa shape index (κ2) is 3.51. The molecule has 0 saturated heterocycles. The van der Waals surface area contributed by atoms with Crippen molar-refractivity contribution in [1.29, 1.82) is 0 Å². The summed E-state index contributed by atoms with van der Waals surface area (Å²) in [5, 5.41) is 0. The predicted octanol–water partition coefficient (Wildman–Crippen LogP) is 2.71. The maximum Gasteiger partial charge on any atom is 0.147 e. The minimum atomic E-state index is -1.40. The molecular weight excluding hydrogens is 235 g/mol. The Hall–Kier alpha value is 0.140. The largest absolute Gasteiger partial charge is 0.237 e. The maximum absolute atomic E-state index is 10.7. The van der Waals surface area contributed by atoms with E-state index in [1.807, 2.05) is 6.07 Å². The van der Waals surface area contributed by atoms with Crippen molar-refractivity contribution < 1.29 is 4.21 Å². The smallest absolute Gasteiger partial charge is 0.147 e. The van der Waals surface area contributed by atoms with Crippen LogP contribution in [0.2, 0.25) is 0 Å². The van der Waals surface area contributed by atoms with E-state index in [4.69, 9.17) is 10.7 Å². The van der Waals surface area contributed by atoms with E-state index in [9.17, 15) is 4.21 Å². The average Bonchev–Trinajstić information content (AvgIpc) is 1.88. The summed E-state index contributed by atoms with van der Waals surface area (Å²) < 4.78 is 11.5. The van der Waals surface area contributed by atoms with Gasteiger partial charge in [-0.15, -0.1) is 0 Å². The van der Waals surface area contributed by atoms with Crippen molar-refractivity contribution in [3.8, 4) is 0 Å². The van der Waals surface area contributed by atoms with Crippen molar-refractivity contribution in [1.82, 2.24) is 0 Å². The summed E-state index contributed by atoms with van der Waals surface area (Å²) in [6.07, 6.45) is 0. The van der Waals surface area contributed by atoms with Crippen LogP contribution in [-0.2, 0) is 10.0 Å². The highest BCUT2D eigenvalue weighted by Crippen LogP contribution is 2.15. The van der Waals surface area contributed by atoms with Crippen molar-refractivity contribution in [2.24, 2.45) is 0 Å². The Morgan fingerprint density at radius 3 is 2.60 bits per heavy atom. The monoisotopic (exact) mass is 238 g/mol. The van der Waals surface area contributed by atoms with Gasteiger partial charge in [0.25, 0.3) is 0 Å². The van der Waals surface area contributed by atoms with E-state index < -0.39 is 10.0 Å². The molecule has 0 bridgehead atoms. The molecule has 0 fully saturated rings. The van der Waals surface area contributed by atoms with Crippen molar-refractivity contribution in [2.75, 3.05) is 0 Å². The quantitative estimate of drug-likeness (QED) is 0.689. The van der Waals surface area contributed by atoms with Gasteiger partial charge in [0, 0.05) is 4.47 Å². The second-order valence-electron chi connectivity index (χ2n) is 1.68. The molecule has 0 saturated carbocycles. The molecule has 54 valence electrons. The van der Waals surface area contributed by atoms with Gasteiger partial charge >= 0.3 is 0 Å². The number of halogens is 2. The van der Waals surface area contributed by atoms with Gasteiger partial charge in [-0.3, -0.25) is 0 Å². The van der Waals surface area contributed by atoms with Gasteiger partial charge in [0.15, 0.2) is 0 Å². The molecule has 1 rings (SSSR count). The summed E-state index contributed by atoms with van der Waals surface area (Å²) in [5.41, 5.74) is 0. The van der Waals surface area contributed by atoms with Crippen LogP contribution >= 0.6 is 26.6 Å². The molecule has 1 nitrogen and oxygen atoms in total. The zero-order chi connectivity index (χ0) is 7.56. The first-order valence-corrected chi connectivity index (χ1v) is 5.30. The maximum atomic E-state index is 10.7. The third-order valence-corrected chi connectivity index (χ3v) is 2.63. The Morgan fingerprint density at radius 2 is 2.20 bits per heavy atom. The van der Waals surface area contributed by atoms with Gasteiger partial charge in [-0.05, 0) is 28.9 Å². The minimum absolute atomic E-state index is 0.621. The molecule has 0 radical (unpaired) electrons. The summed E-state index contributed by atoms with van der Waals surface area (Å²) in [6, 6.07) is 7.09. The van der Waals surface area contributed by atoms with Crippen LogP contribution in [0.1, 0.15) is 0 Å². The lowest BCUT2D eigenvalue weighted by molar-refractivity contribution is 0.691. The lowest BCUT2D eigenvalue weighted by atomic mass is 10.4. The van der Waals surface area contributed by atoms with Gasteiger partial charge in [0.05, 0.1) is 4.90 Å². The van der Waals surface area contributed by atoms with Crippen LogP contribution in [0.25, 0.3) is 0 Å². The molecule has 0 heterocycles. The molecular formula is C6H4BrClOS. The molecule has 1 aromatic carbocycles. The van der Waals surface area contributed by atoms with Crippen LogP contribution < -0.4 is 0 Å². The van der Waals surface area contributed by atoms with E-state index in [1.165, 1.54) is 0 Å². The predicted molar refractivity (Wildman–Crippen MR) is 46.4 cm³/mol. The Morgan fingerprint density at radius 1 is 1.50 bits per heavy atom. The zero-order valence-corrected chi connectivity index (χ0v) is 8.04. The fourth-order valence-electron chi connectivity index (χ4n) is 0.567. The molecule has 10 heavy (non-hydrogen) atoms. The molecule has 0 aromatic heterocycles. The van der Waals surface area contributed by atoms with E-state index in [0.717, 1.165) is 4.47 Å². The van der Waals surface area contributed by atoms with Gasteiger partial charge in [0.1, 0.15) is 10.0 Å². The first-order valence-electron chi connectivity index (χ1n) is 2.54. The number of hydrogen-bond acceptors (Lipinski definition) is 1. The van der Waals surface area contributed by atoms with Gasteiger partial charge in [-0.2, -0.15) is 0 Å². The number of rotatable bonds is 1. The van der Waals surface area contributed by atoms with Crippen LogP contribution in [0.3, 0.4) is 0 Å². The summed E-state index contributed by atoms with van der Waals surface area (Å²) >= 11 is 3.24. The Balaban J connectivity index is 3.07. The van der Waals surface area contributed by atoms with Crippen LogP contribution in [0, 0.1) is 0 Å². The molecule has 4 heteroatoms. The topological polar surface area (TPSA) is 17.1 Å². The molecule has 0 N–H and O–H groups in total. The van der Waals surface area contributed by atoms with E-state index in [-0.39, 0.29) is 0 Å². The number of benzene rings is 1. The summed E-state index contributed by atoms with van der Waals surface area (Å²) in [4.78, 5) is 0.621. The van der Waals surface area contributed by atoms with Crippen molar-refractivity contribution >= 4 is 36.6 Å². The van der Waals surface area contributed by atoms with Crippen molar-refractivity contribution in [3.05, 3.63) is 28.7 Å². The van der Waals surface area contributed by atoms with Gasteiger partial charge in [-0.25, -0.2) is 4.21 Å². The van der Waals surface area contributed by atoms with E-state index in [0.29, 0.717) is 4.90 Å². The lowest BCUT2D eigenvalue weighted by Gasteiger charge is -1.92. The number of hydrogen-bond donors (Lipinski definition) is 0. The van der Waals surface area contributed by atoms with Gasteiger partial charge in [0.2, 0.25) is 0 Å². The van der Waals surface area contributed by atoms with Crippen LogP contribution in [0.4, 0.5) is 0 Å². The fourth-order valence-corrected chi connectivity index (χ4v) is 1.81. The van der Waals surface area contributed by atoms with Crippen LogP contribution in [0.15, 0.2) is 33.6 Å². The molecule has 0 spiro atoms. The third-order valence-electron chi connectivity index (χ3n) is 0.981. The van der Waals surface area contributed by atoms with Gasteiger partial charge < -0.3 is 0 Å². The highest BCUT2D eigenvalue weighted by molar-refractivity contribution is 9.10. The standard InChI is InChI=1S/C6H4BrClOS/c7-5-2-1-3-6(4-5)10(8)9/h1-4H. The normalized spacial score (nSPS) is 13.0. The Bertz CT molecular complexity index is 264. The molecule has 1 aromatic rings. The van der Waals surface area contributed by atoms with Crippen LogP contribution in [-0.4, -0.2) is 4.21 Å². The van der Waals surface area contributed by atoms with Crippen LogP contribution in [0.5, 0.6) is 0 Å². The highest BCUT2D eigenvalue weighted by atomic mass is 79.9. The minimum Gasteiger partial charge on any atom is -0.237 e. The average molecular weight is 240 g/mol. The summed E-state index contributed by atoms with van der Waals surface area (Å²) in [5.74, 6) is 0. The third kappa shape index (κ3) is 2.08. The van der Waals surface area contributed by atoms with E-state index in [1.54, 1.807) is 18.2 Å².